The highest BCUT2D eigenvalue weighted by molar-refractivity contribution is 5.74. The fourth-order valence-electron chi connectivity index (χ4n) is 1.29. The molecule has 0 atom stereocenters. The molecule has 0 amide bonds. The topological polar surface area (TPSA) is 38.9 Å². The minimum atomic E-state index is -0.0868. The predicted octanol–water partition coefficient (Wildman–Crippen LogP) is 1.93. The van der Waals surface area contributed by atoms with Crippen LogP contribution in [-0.2, 0) is 5.41 Å². The molecule has 0 unspecified atom stereocenters. The third kappa shape index (κ3) is 0.826. The van der Waals surface area contributed by atoms with Gasteiger partial charge in [0.1, 0.15) is 11.4 Å². The Bertz CT molecular complexity index is 360. The standard InChI is InChI=1S/C9H10N2O/c1-6-4-5-9(2,3)8-7(6)10-12-11-8/h4-5H,1H2,2-3H3. The molecule has 0 aromatic carbocycles. The Labute approximate surface area is 70.7 Å². The van der Waals surface area contributed by atoms with Crippen LogP contribution in [0.25, 0.3) is 5.57 Å². The van der Waals surface area contributed by atoms with E-state index >= 15 is 0 Å². The van der Waals surface area contributed by atoms with Gasteiger partial charge in [0.25, 0.3) is 0 Å². The fourth-order valence-corrected chi connectivity index (χ4v) is 1.29. The quantitative estimate of drug-likeness (QED) is 0.585. The Morgan fingerprint density at radius 1 is 1.42 bits per heavy atom. The Hall–Kier alpha value is -1.38. The van der Waals surface area contributed by atoms with Gasteiger partial charge >= 0.3 is 0 Å². The van der Waals surface area contributed by atoms with Crippen LogP contribution in [0.3, 0.4) is 0 Å². The molecule has 0 spiro atoms. The second-order valence-corrected chi connectivity index (χ2v) is 3.54. The average Bonchev–Trinajstić information content (AvgIpc) is 2.46. The third-order valence-corrected chi connectivity index (χ3v) is 2.10. The normalized spacial score (nSPS) is 19.3. The van der Waals surface area contributed by atoms with Gasteiger partial charge in [-0.25, -0.2) is 4.63 Å². The summed E-state index contributed by atoms with van der Waals surface area (Å²) in [5.41, 5.74) is 2.43. The number of hydrogen-bond acceptors (Lipinski definition) is 3. The molecule has 0 aliphatic heterocycles. The van der Waals surface area contributed by atoms with Crippen molar-refractivity contribution in [3.8, 4) is 0 Å². The highest BCUT2D eigenvalue weighted by Crippen LogP contribution is 2.33. The molecule has 1 aromatic heterocycles. The summed E-state index contributed by atoms with van der Waals surface area (Å²) in [5.74, 6) is 0. The van der Waals surface area contributed by atoms with Gasteiger partial charge < -0.3 is 0 Å². The molecule has 0 bridgehead atoms. The molecule has 3 heteroatoms. The van der Waals surface area contributed by atoms with Gasteiger partial charge in [-0.3, -0.25) is 0 Å². The molecule has 2 rings (SSSR count). The van der Waals surface area contributed by atoms with Crippen LogP contribution >= 0.6 is 0 Å². The zero-order valence-corrected chi connectivity index (χ0v) is 7.16. The van der Waals surface area contributed by atoms with Gasteiger partial charge in [0, 0.05) is 5.41 Å². The summed E-state index contributed by atoms with van der Waals surface area (Å²) >= 11 is 0. The second-order valence-electron chi connectivity index (χ2n) is 3.54. The van der Waals surface area contributed by atoms with E-state index < -0.39 is 0 Å². The zero-order valence-electron chi connectivity index (χ0n) is 7.16. The Morgan fingerprint density at radius 2 is 2.17 bits per heavy atom. The predicted molar refractivity (Wildman–Crippen MR) is 45.5 cm³/mol. The van der Waals surface area contributed by atoms with Gasteiger partial charge in [-0.1, -0.05) is 37.7 Å². The lowest BCUT2D eigenvalue weighted by molar-refractivity contribution is 0.298. The molecule has 0 N–H and O–H groups in total. The summed E-state index contributed by atoms with van der Waals surface area (Å²) < 4.78 is 4.67. The summed E-state index contributed by atoms with van der Waals surface area (Å²) in [6.07, 6.45) is 4.01. The maximum absolute atomic E-state index is 4.67. The van der Waals surface area contributed by atoms with Crippen LogP contribution in [0.2, 0.25) is 0 Å². The summed E-state index contributed by atoms with van der Waals surface area (Å²) in [6.45, 7) is 7.98. The number of hydrogen-bond donors (Lipinski definition) is 0. The van der Waals surface area contributed by atoms with Crippen LogP contribution in [0, 0.1) is 0 Å². The maximum Gasteiger partial charge on any atom is 0.138 e. The molecule has 3 nitrogen and oxygen atoms in total. The van der Waals surface area contributed by atoms with Gasteiger partial charge in [-0.05, 0) is 10.7 Å². The van der Waals surface area contributed by atoms with Crippen molar-refractivity contribution in [3.05, 3.63) is 30.1 Å². The third-order valence-electron chi connectivity index (χ3n) is 2.10. The van der Waals surface area contributed by atoms with E-state index in [-0.39, 0.29) is 5.41 Å². The van der Waals surface area contributed by atoms with E-state index in [1.807, 2.05) is 6.08 Å². The van der Waals surface area contributed by atoms with Crippen molar-refractivity contribution in [1.82, 2.24) is 10.3 Å². The average molecular weight is 162 g/mol. The Morgan fingerprint density at radius 3 is 2.83 bits per heavy atom. The molecule has 0 radical (unpaired) electrons. The van der Waals surface area contributed by atoms with Crippen LogP contribution in [0.1, 0.15) is 25.2 Å². The van der Waals surface area contributed by atoms with Crippen molar-refractivity contribution >= 4 is 5.57 Å². The van der Waals surface area contributed by atoms with E-state index in [0.717, 1.165) is 17.0 Å². The van der Waals surface area contributed by atoms with E-state index in [2.05, 4.69) is 41.4 Å². The van der Waals surface area contributed by atoms with Gasteiger partial charge in [0.15, 0.2) is 0 Å². The lowest BCUT2D eigenvalue weighted by Crippen LogP contribution is -2.18. The molecular weight excluding hydrogens is 152 g/mol. The molecule has 1 aliphatic rings. The monoisotopic (exact) mass is 162 g/mol. The van der Waals surface area contributed by atoms with Crippen molar-refractivity contribution in [2.75, 3.05) is 0 Å². The van der Waals surface area contributed by atoms with Crippen LogP contribution < -0.4 is 0 Å². The first-order chi connectivity index (χ1) is 5.61. The first kappa shape index (κ1) is 7.28. The summed E-state index contributed by atoms with van der Waals surface area (Å²) in [4.78, 5) is 0. The van der Waals surface area contributed by atoms with E-state index in [4.69, 9.17) is 0 Å². The first-order valence-electron chi connectivity index (χ1n) is 3.83. The molecule has 62 valence electrons. The smallest absolute Gasteiger partial charge is 0.138 e. The van der Waals surface area contributed by atoms with Crippen LogP contribution in [0.5, 0.6) is 0 Å². The maximum atomic E-state index is 4.67. The van der Waals surface area contributed by atoms with Crippen molar-refractivity contribution in [2.24, 2.45) is 0 Å². The molecular formula is C9H10N2O. The number of fused-ring (bicyclic) bond motifs is 1. The molecule has 0 fully saturated rings. The largest absolute Gasteiger partial charge is 0.244 e. The molecule has 0 saturated heterocycles. The van der Waals surface area contributed by atoms with Crippen LogP contribution in [0.15, 0.2) is 23.4 Å². The molecule has 0 saturated carbocycles. The fraction of sp³-hybridized carbons (Fsp3) is 0.333. The van der Waals surface area contributed by atoms with Crippen molar-refractivity contribution in [2.45, 2.75) is 19.3 Å². The summed E-state index contributed by atoms with van der Waals surface area (Å²) in [7, 11) is 0. The molecule has 1 aliphatic carbocycles. The van der Waals surface area contributed by atoms with Crippen LogP contribution in [0.4, 0.5) is 0 Å². The molecule has 1 aromatic rings. The Balaban J connectivity index is 2.65. The van der Waals surface area contributed by atoms with Crippen LogP contribution in [-0.4, -0.2) is 10.3 Å². The Kier molecular flexibility index (Phi) is 1.25. The number of allylic oxidation sites excluding steroid dienone is 3. The minimum Gasteiger partial charge on any atom is -0.244 e. The first-order valence-corrected chi connectivity index (χ1v) is 3.83. The highest BCUT2D eigenvalue weighted by atomic mass is 16.6. The lowest BCUT2D eigenvalue weighted by Gasteiger charge is -2.21. The van der Waals surface area contributed by atoms with E-state index in [1.54, 1.807) is 0 Å². The summed E-state index contributed by atoms with van der Waals surface area (Å²) in [6, 6.07) is 0. The van der Waals surface area contributed by atoms with E-state index in [9.17, 15) is 0 Å². The number of rotatable bonds is 0. The van der Waals surface area contributed by atoms with Gasteiger partial charge in [0.05, 0.1) is 0 Å². The summed E-state index contributed by atoms with van der Waals surface area (Å²) in [5, 5.41) is 7.66. The second kappa shape index (κ2) is 2.06. The molecule has 12 heavy (non-hydrogen) atoms. The van der Waals surface area contributed by atoms with E-state index in [1.165, 1.54) is 0 Å². The minimum absolute atomic E-state index is 0.0868. The van der Waals surface area contributed by atoms with Gasteiger partial charge in [0.2, 0.25) is 0 Å². The van der Waals surface area contributed by atoms with E-state index in [0.29, 0.717) is 0 Å². The van der Waals surface area contributed by atoms with Gasteiger partial charge in [-0.15, -0.1) is 0 Å². The van der Waals surface area contributed by atoms with Crippen molar-refractivity contribution in [3.63, 3.8) is 0 Å². The van der Waals surface area contributed by atoms with Crippen molar-refractivity contribution in [1.29, 1.82) is 0 Å². The number of nitrogens with zero attached hydrogens (tertiary/aromatic N) is 2. The van der Waals surface area contributed by atoms with Crippen molar-refractivity contribution < 1.29 is 4.63 Å². The van der Waals surface area contributed by atoms with Gasteiger partial charge in [-0.2, -0.15) is 0 Å². The zero-order chi connectivity index (χ0) is 8.77. The number of aromatic nitrogens is 2. The lowest BCUT2D eigenvalue weighted by atomic mass is 9.82. The SMILES string of the molecule is C=C1C=CC(C)(C)c2nonc21. The highest BCUT2D eigenvalue weighted by Gasteiger charge is 2.29. The molecule has 1 heterocycles.